The minimum atomic E-state index is -0.263. The molecule has 2 rings (SSSR count). The second kappa shape index (κ2) is 4.28. The van der Waals surface area contributed by atoms with Gasteiger partial charge in [-0.05, 0) is 31.4 Å². The van der Waals surface area contributed by atoms with Crippen LogP contribution in [-0.4, -0.2) is 22.2 Å². The molecule has 0 radical (unpaired) electrons. The van der Waals surface area contributed by atoms with Gasteiger partial charge < -0.3 is 10.4 Å². The molecule has 1 aromatic rings. The van der Waals surface area contributed by atoms with Crippen LogP contribution in [0.4, 0.5) is 5.69 Å². The van der Waals surface area contributed by atoms with Crippen LogP contribution in [0.15, 0.2) is 18.3 Å². The fourth-order valence-corrected chi connectivity index (χ4v) is 1.87. The Morgan fingerprint density at radius 3 is 2.87 bits per heavy atom. The van der Waals surface area contributed by atoms with Gasteiger partial charge in [-0.2, -0.15) is 5.26 Å². The number of hydrogen-bond donors (Lipinski definition) is 2. The van der Waals surface area contributed by atoms with Crippen molar-refractivity contribution in [2.45, 2.75) is 31.4 Å². The molecule has 0 aliphatic heterocycles. The van der Waals surface area contributed by atoms with Gasteiger partial charge in [-0.25, -0.2) is 4.98 Å². The van der Waals surface area contributed by atoms with E-state index in [4.69, 9.17) is 5.26 Å². The highest BCUT2D eigenvalue weighted by Crippen LogP contribution is 2.22. The Morgan fingerprint density at radius 1 is 1.47 bits per heavy atom. The van der Waals surface area contributed by atoms with E-state index >= 15 is 0 Å². The Bertz CT molecular complexity index is 368. The van der Waals surface area contributed by atoms with Gasteiger partial charge in [0, 0.05) is 0 Å². The Hall–Kier alpha value is -1.60. The van der Waals surface area contributed by atoms with Crippen molar-refractivity contribution < 1.29 is 5.11 Å². The lowest BCUT2D eigenvalue weighted by Crippen LogP contribution is -2.27. The Balaban J connectivity index is 2.02. The zero-order valence-corrected chi connectivity index (χ0v) is 8.35. The van der Waals surface area contributed by atoms with E-state index < -0.39 is 0 Å². The van der Waals surface area contributed by atoms with Crippen LogP contribution >= 0.6 is 0 Å². The molecule has 1 aliphatic carbocycles. The third-order valence-electron chi connectivity index (χ3n) is 2.71. The zero-order chi connectivity index (χ0) is 10.7. The van der Waals surface area contributed by atoms with Crippen LogP contribution in [0.3, 0.4) is 0 Å². The molecule has 2 N–H and O–H groups in total. The Kier molecular flexibility index (Phi) is 2.84. The molecule has 1 saturated carbocycles. The van der Waals surface area contributed by atoms with Crippen LogP contribution in [0.5, 0.6) is 0 Å². The summed E-state index contributed by atoms with van der Waals surface area (Å²) in [7, 11) is 0. The number of anilines is 1. The number of nitrogens with zero attached hydrogens (tertiary/aromatic N) is 2. The number of aliphatic hydroxyl groups excluding tert-OH is 1. The summed E-state index contributed by atoms with van der Waals surface area (Å²) in [6.45, 7) is 0. The standard InChI is InChI=1S/C11H13N3O/c12-6-8-4-5-9(7-13-8)14-10-2-1-3-11(10)15/h4-5,7,10-11,14-15H,1-3H2/t10-,11+/m1/s1. The summed E-state index contributed by atoms with van der Waals surface area (Å²) in [5, 5.41) is 21.4. The largest absolute Gasteiger partial charge is 0.391 e. The highest BCUT2D eigenvalue weighted by atomic mass is 16.3. The molecule has 0 aromatic carbocycles. The molecule has 0 unspecified atom stereocenters. The first-order valence-corrected chi connectivity index (χ1v) is 5.10. The van der Waals surface area contributed by atoms with E-state index in [0.29, 0.717) is 5.69 Å². The van der Waals surface area contributed by atoms with Gasteiger partial charge in [-0.15, -0.1) is 0 Å². The van der Waals surface area contributed by atoms with Gasteiger partial charge in [0.2, 0.25) is 0 Å². The van der Waals surface area contributed by atoms with Crippen LogP contribution in [0, 0.1) is 11.3 Å². The van der Waals surface area contributed by atoms with E-state index in [1.807, 2.05) is 12.1 Å². The summed E-state index contributed by atoms with van der Waals surface area (Å²) in [4.78, 5) is 3.96. The van der Waals surface area contributed by atoms with Gasteiger partial charge >= 0.3 is 0 Å². The summed E-state index contributed by atoms with van der Waals surface area (Å²) in [6, 6.07) is 5.58. The Morgan fingerprint density at radius 2 is 2.33 bits per heavy atom. The molecule has 0 amide bonds. The van der Waals surface area contributed by atoms with Crippen LogP contribution in [0.25, 0.3) is 0 Å². The van der Waals surface area contributed by atoms with E-state index in [1.165, 1.54) is 0 Å². The predicted molar refractivity (Wildman–Crippen MR) is 56.2 cm³/mol. The van der Waals surface area contributed by atoms with Crippen LogP contribution in [0.1, 0.15) is 25.0 Å². The number of aliphatic hydroxyl groups is 1. The zero-order valence-electron chi connectivity index (χ0n) is 8.35. The molecule has 1 aromatic heterocycles. The molecule has 1 aliphatic rings. The van der Waals surface area contributed by atoms with Crippen LogP contribution in [-0.2, 0) is 0 Å². The van der Waals surface area contributed by atoms with Crippen LogP contribution in [0.2, 0.25) is 0 Å². The van der Waals surface area contributed by atoms with E-state index in [2.05, 4.69) is 10.3 Å². The minimum Gasteiger partial charge on any atom is -0.391 e. The molecule has 2 atom stereocenters. The third kappa shape index (κ3) is 2.25. The maximum absolute atomic E-state index is 9.62. The van der Waals surface area contributed by atoms with Crippen LogP contribution < -0.4 is 5.32 Å². The number of nitriles is 1. The third-order valence-corrected chi connectivity index (χ3v) is 2.71. The highest BCUT2D eigenvalue weighted by Gasteiger charge is 2.24. The maximum atomic E-state index is 9.62. The molecule has 1 fully saturated rings. The molecule has 0 bridgehead atoms. The van der Waals surface area contributed by atoms with Crippen molar-refractivity contribution in [3.05, 3.63) is 24.0 Å². The van der Waals surface area contributed by atoms with Crippen molar-refractivity contribution in [2.24, 2.45) is 0 Å². The summed E-state index contributed by atoms with van der Waals surface area (Å²) in [5.74, 6) is 0. The second-order valence-corrected chi connectivity index (χ2v) is 3.79. The monoisotopic (exact) mass is 203 g/mol. The number of pyridine rings is 1. The molecule has 0 saturated heterocycles. The first-order chi connectivity index (χ1) is 7.29. The lowest BCUT2D eigenvalue weighted by Gasteiger charge is -2.17. The normalized spacial score (nSPS) is 24.8. The molecule has 78 valence electrons. The first-order valence-electron chi connectivity index (χ1n) is 5.10. The van der Waals surface area contributed by atoms with Gasteiger partial charge in [0.05, 0.1) is 24.0 Å². The lowest BCUT2D eigenvalue weighted by atomic mass is 10.2. The molecule has 1 heterocycles. The quantitative estimate of drug-likeness (QED) is 0.759. The fourth-order valence-electron chi connectivity index (χ4n) is 1.87. The first kappa shape index (κ1) is 9.94. The van der Waals surface area contributed by atoms with Gasteiger partial charge in [0.25, 0.3) is 0 Å². The van der Waals surface area contributed by atoms with Crippen molar-refractivity contribution in [3.63, 3.8) is 0 Å². The van der Waals surface area contributed by atoms with Crippen molar-refractivity contribution >= 4 is 5.69 Å². The van der Waals surface area contributed by atoms with Crippen molar-refractivity contribution in [1.82, 2.24) is 4.98 Å². The summed E-state index contributed by atoms with van der Waals surface area (Å²) in [6.07, 6.45) is 4.27. The molecule has 0 spiro atoms. The van der Waals surface area contributed by atoms with E-state index in [1.54, 1.807) is 12.3 Å². The molecular formula is C11H13N3O. The average Bonchev–Trinajstić information content (AvgIpc) is 2.66. The number of hydrogen-bond acceptors (Lipinski definition) is 4. The van der Waals surface area contributed by atoms with Crippen molar-refractivity contribution in [2.75, 3.05) is 5.32 Å². The Labute approximate surface area is 88.6 Å². The average molecular weight is 203 g/mol. The van der Waals surface area contributed by atoms with Gasteiger partial charge in [0.1, 0.15) is 11.8 Å². The molecule has 4 nitrogen and oxygen atoms in total. The highest BCUT2D eigenvalue weighted by molar-refractivity contribution is 5.44. The lowest BCUT2D eigenvalue weighted by molar-refractivity contribution is 0.172. The van der Waals surface area contributed by atoms with Gasteiger partial charge in [-0.3, -0.25) is 0 Å². The van der Waals surface area contributed by atoms with E-state index in [0.717, 1.165) is 24.9 Å². The molecule has 15 heavy (non-hydrogen) atoms. The topological polar surface area (TPSA) is 68.9 Å². The SMILES string of the molecule is N#Cc1ccc(N[C@@H]2CCC[C@@H]2O)cn1. The van der Waals surface area contributed by atoms with Crippen molar-refractivity contribution in [1.29, 1.82) is 5.26 Å². The van der Waals surface area contributed by atoms with E-state index in [-0.39, 0.29) is 12.1 Å². The number of rotatable bonds is 2. The van der Waals surface area contributed by atoms with Crippen molar-refractivity contribution in [3.8, 4) is 6.07 Å². The molecule has 4 heteroatoms. The molecular weight excluding hydrogens is 190 g/mol. The van der Waals surface area contributed by atoms with Gasteiger partial charge in [-0.1, -0.05) is 0 Å². The van der Waals surface area contributed by atoms with Gasteiger partial charge in [0.15, 0.2) is 0 Å². The minimum absolute atomic E-state index is 0.125. The van der Waals surface area contributed by atoms with E-state index in [9.17, 15) is 5.11 Å². The summed E-state index contributed by atoms with van der Waals surface area (Å²) >= 11 is 0. The fraction of sp³-hybridized carbons (Fsp3) is 0.455. The second-order valence-electron chi connectivity index (χ2n) is 3.79. The summed E-state index contributed by atoms with van der Waals surface area (Å²) in [5.41, 5.74) is 1.27. The maximum Gasteiger partial charge on any atom is 0.140 e. The number of aromatic nitrogens is 1. The predicted octanol–water partition coefficient (Wildman–Crippen LogP) is 1.28. The summed E-state index contributed by atoms with van der Waals surface area (Å²) < 4.78 is 0. The smallest absolute Gasteiger partial charge is 0.140 e. The number of nitrogens with one attached hydrogen (secondary N) is 1.